The summed E-state index contributed by atoms with van der Waals surface area (Å²) in [5.41, 5.74) is 0.163. The second kappa shape index (κ2) is 8.62. The zero-order valence-electron chi connectivity index (χ0n) is 20.3. The molecule has 2 N–H and O–H groups in total. The summed E-state index contributed by atoms with van der Waals surface area (Å²) in [6, 6.07) is 4.45. The van der Waals surface area contributed by atoms with Gasteiger partial charge in [0.2, 0.25) is 5.88 Å². The Balaban J connectivity index is 1.34. The minimum absolute atomic E-state index is 0.0908. The number of nitrogens with one attached hydrogen (secondary N) is 2. The number of benzene rings is 1. The van der Waals surface area contributed by atoms with Crippen molar-refractivity contribution in [1.29, 1.82) is 0 Å². The molecule has 190 valence electrons. The van der Waals surface area contributed by atoms with Crippen molar-refractivity contribution >= 4 is 11.7 Å². The van der Waals surface area contributed by atoms with Gasteiger partial charge >= 0.3 is 12.2 Å². The van der Waals surface area contributed by atoms with Gasteiger partial charge in [-0.15, -0.1) is 0 Å². The molecule has 3 unspecified atom stereocenters. The maximum atomic E-state index is 13.1. The number of hydrogen-bond donors (Lipinski definition) is 2. The highest BCUT2D eigenvalue weighted by Gasteiger charge is 2.54. The molecule has 7 nitrogen and oxygen atoms in total. The summed E-state index contributed by atoms with van der Waals surface area (Å²) in [7, 11) is 0. The summed E-state index contributed by atoms with van der Waals surface area (Å²) in [5, 5.41) is 6.01. The zero-order chi connectivity index (χ0) is 25.7. The van der Waals surface area contributed by atoms with Crippen LogP contribution in [0.1, 0.15) is 50.4 Å². The molecule has 1 aliphatic carbocycles. The number of fused-ring (bicyclic) bond motifs is 2. The lowest BCUT2D eigenvalue weighted by Gasteiger charge is -2.47. The van der Waals surface area contributed by atoms with Gasteiger partial charge in [-0.3, -0.25) is 4.90 Å². The number of amides is 2. The number of aromatic nitrogens is 2. The number of hydrogen-bond acceptors (Lipinski definition) is 5. The van der Waals surface area contributed by atoms with E-state index in [9.17, 15) is 18.0 Å². The van der Waals surface area contributed by atoms with Gasteiger partial charge in [-0.25, -0.2) is 14.8 Å². The summed E-state index contributed by atoms with van der Waals surface area (Å²) in [4.78, 5) is 23.5. The third kappa shape index (κ3) is 4.23. The van der Waals surface area contributed by atoms with Crippen molar-refractivity contribution in [3.63, 3.8) is 0 Å². The number of carbonyl (C=O) groups is 1. The Morgan fingerprint density at radius 1 is 1.28 bits per heavy atom. The molecule has 10 heteroatoms. The Bertz CT molecular complexity index is 1260. The summed E-state index contributed by atoms with van der Waals surface area (Å²) in [6.07, 6.45) is 4.50. The van der Waals surface area contributed by atoms with Crippen molar-refractivity contribution in [2.75, 3.05) is 5.32 Å². The molecular weight excluding hydrogens is 471 g/mol. The van der Waals surface area contributed by atoms with Crippen LogP contribution in [-0.4, -0.2) is 32.5 Å². The van der Waals surface area contributed by atoms with Crippen LogP contribution in [0, 0.1) is 5.41 Å². The van der Waals surface area contributed by atoms with E-state index < -0.39 is 28.7 Å². The van der Waals surface area contributed by atoms with E-state index in [0.717, 1.165) is 35.6 Å². The first-order chi connectivity index (χ1) is 17.0. The fourth-order valence-electron chi connectivity index (χ4n) is 5.16. The van der Waals surface area contributed by atoms with Crippen LogP contribution in [0.25, 0.3) is 0 Å². The van der Waals surface area contributed by atoms with Gasteiger partial charge in [0.05, 0.1) is 16.8 Å². The van der Waals surface area contributed by atoms with E-state index >= 15 is 0 Å². The quantitative estimate of drug-likeness (QED) is 0.590. The molecule has 0 saturated carbocycles. The average molecular weight is 500 g/mol. The number of halogens is 3. The van der Waals surface area contributed by atoms with E-state index in [0.29, 0.717) is 31.3 Å². The molecule has 36 heavy (non-hydrogen) atoms. The highest BCUT2D eigenvalue weighted by atomic mass is 19.4. The Morgan fingerprint density at radius 2 is 2.08 bits per heavy atom. The van der Waals surface area contributed by atoms with Crippen LogP contribution in [0.15, 0.2) is 54.7 Å². The van der Waals surface area contributed by atoms with Crippen LogP contribution >= 0.6 is 0 Å². The molecule has 1 aromatic heterocycles. The molecule has 0 fully saturated rings. The predicted octanol–water partition coefficient (Wildman–Crippen LogP) is 5.41. The fraction of sp³-hybridized carbons (Fsp3) is 0.423. The van der Waals surface area contributed by atoms with Gasteiger partial charge in [0, 0.05) is 41.9 Å². The van der Waals surface area contributed by atoms with Crippen LogP contribution < -0.4 is 15.4 Å². The van der Waals surface area contributed by atoms with E-state index in [1.807, 2.05) is 19.1 Å². The lowest BCUT2D eigenvalue weighted by molar-refractivity contribution is -0.137. The Hall–Kier alpha value is -3.40. The SMILES string of the molecule is CC1Cc2c(ncnc2OC2=CCC3(C)N(C(=O)Nc4cccc(C(F)(F)F)c4)C=CC3(C)C2)CN1. The van der Waals surface area contributed by atoms with Crippen LogP contribution in [0.3, 0.4) is 0 Å². The summed E-state index contributed by atoms with van der Waals surface area (Å²) >= 11 is 0. The standard InChI is InChI=1S/C26H28F3N5O2/c1-16-11-20-21(14-30-16)31-15-32-22(20)36-19-7-8-25(3)24(2,13-19)9-10-34(25)23(35)33-18-6-4-5-17(12-18)26(27,28)29/h4-7,9-10,12,15-16,30H,8,11,13-14H2,1-3H3,(H,33,35). The van der Waals surface area contributed by atoms with E-state index in [2.05, 4.69) is 34.4 Å². The summed E-state index contributed by atoms with van der Waals surface area (Å²) < 4.78 is 45.5. The number of alkyl halides is 3. The third-order valence-electron chi connectivity index (χ3n) is 7.63. The van der Waals surface area contributed by atoms with E-state index in [1.54, 1.807) is 11.1 Å². The van der Waals surface area contributed by atoms with Gasteiger partial charge in [-0.2, -0.15) is 13.2 Å². The van der Waals surface area contributed by atoms with Gasteiger partial charge < -0.3 is 15.4 Å². The molecule has 2 aromatic rings. The first-order valence-corrected chi connectivity index (χ1v) is 11.9. The molecule has 5 rings (SSSR count). The molecule has 3 atom stereocenters. The molecular formula is C26H28F3N5O2. The van der Waals surface area contributed by atoms with Crippen molar-refractivity contribution < 1.29 is 22.7 Å². The molecule has 0 radical (unpaired) electrons. The maximum Gasteiger partial charge on any atom is 0.416 e. The van der Waals surface area contributed by atoms with Crippen LogP contribution in [0.4, 0.5) is 23.7 Å². The van der Waals surface area contributed by atoms with Crippen molar-refractivity contribution in [2.24, 2.45) is 5.41 Å². The number of carbonyl (C=O) groups excluding carboxylic acids is 1. The minimum Gasteiger partial charge on any atom is -0.443 e. The monoisotopic (exact) mass is 499 g/mol. The van der Waals surface area contributed by atoms with Crippen LogP contribution in [-0.2, 0) is 19.1 Å². The average Bonchev–Trinajstić information content (AvgIpc) is 3.09. The van der Waals surface area contributed by atoms with Gasteiger partial charge in [0.1, 0.15) is 12.1 Å². The molecule has 0 saturated heterocycles. The zero-order valence-corrected chi connectivity index (χ0v) is 20.3. The van der Waals surface area contributed by atoms with Gasteiger partial charge in [0.15, 0.2) is 0 Å². The Labute approximate surface area is 207 Å². The van der Waals surface area contributed by atoms with Crippen LogP contribution in [0.2, 0.25) is 0 Å². The number of nitrogens with zero attached hydrogens (tertiary/aromatic N) is 3. The maximum absolute atomic E-state index is 13.1. The molecule has 2 amide bonds. The Kier molecular flexibility index (Phi) is 5.82. The molecule has 3 heterocycles. The number of rotatable bonds is 3. The van der Waals surface area contributed by atoms with E-state index in [1.165, 1.54) is 18.5 Å². The third-order valence-corrected chi connectivity index (χ3v) is 7.63. The molecule has 0 spiro atoms. The number of urea groups is 1. The normalized spacial score (nSPS) is 27.2. The molecule has 1 aromatic carbocycles. The lowest BCUT2D eigenvalue weighted by Crippen LogP contribution is -2.55. The minimum atomic E-state index is -4.49. The smallest absolute Gasteiger partial charge is 0.416 e. The molecule has 3 aliphatic rings. The van der Waals surface area contributed by atoms with Crippen molar-refractivity contribution in [3.8, 4) is 5.88 Å². The van der Waals surface area contributed by atoms with Gasteiger partial charge in [-0.05, 0) is 51.0 Å². The molecule has 2 aliphatic heterocycles. The highest BCUT2D eigenvalue weighted by Crippen LogP contribution is 2.52. The van der Waals surface area contributed by atoms with E-state index in [-0.39, 0.29) is 5.69 Å². The lowest BCUT2D eigenvalue weighted by atomic mass is 9.66. The highest BCUT2D eigenvalue weighted by molar-refractivity contribution is 5.91. The molecule has 0 bridgehead atoms. The van der Waals surface area contributed by atoms with E-state index in [4.69, 9.17) is 4.74 Å². The summed E-state index contributed by atoms with van der Waals surface area (Å²) in [5.74, 6) is 1.33. The number of allylic oxidation sites excluding steroid dienone is 1. The topological polar surface area (TPSA) is 79.4 Å². The Morgan fingerprint density at radius 3 is 2.86 bits per heavy atom. The summed E-state index contributed by atoms with van der Waals surface area (Å²) in [6.45, 7) is 6.81. The fourth-order valence-corrected chi connectivity index (χ4v) is 5.16. The largest absolute Gasteiger partial charge is 0.443 e. The number of ether oxygens (including phenoxy) is 1. The van der Waals surface area contributed by atoms with Gasteiger partial charge in [0.25, 0.3) is 0 Å². The van der Waals surface area contributed by atoms with Crippen molar-refractivity contribution in [2.45, 2.75) is 64.3 Å². The first-order valence-electron chi connectivity index (χ1n) is 11.9. The van der Waals surface area contributed by atoms with Crippen molar-refractivity contribution in [3.05, 3.63) is 71.5 Å². The van der Waals surface area contributed by atoms with Crippen molar-refractivity contribution in [1.82, 2.24) is 20.2 Å². The second-order valence-corrected chi connectivity index (χ2v) is 10.1. The first kappa shape index (κ1) is 24.3. The van der Waals surface area contributed by atoms with Crippen LogP contribution in [0.5, 0.6) is 5.88 Å². The number of anilines is 1. The predicted molar refractivity (Wildman–Crippen MR) is 128 cm³/mol. The van der Waals surface area contributed by atoms with Gasteiger partial charge in [-0.1, -0.05) is 19.1 Å². The second-order valence-electron chi connectivity index (χ2n) is 10.1.